The fourth-order valence-corrected chi connectivity index (χ4v) is 3.65. The molecule has 1 unspecified atom stereocenters. The maximum Gasteiger partial charge on any atom is 0.263 e. The van der Waals surface area contributed by atoms with Crippen molar-refractivity contribution in [3.63, 3.8) is 0 Å². The third-order valence-corrected chi connectivity index (χ3v) is 5.02. The lowest BCUT2D eigenvalue weighted by molar-refractivity contribution is 0.0719. The molecule has 2 aromatic rings. The lowest BCUT2D eigenvalue weighted by atomic mass is 10.0. The van der Waals surface area contributed by atoms with Gasteiger partial charge in [-0.1, -0.05) is 6.07 Å². The molecule has 1 aliphatic heterocycles. The molecule has 1 saturated heterocycles. The van der Waals surface area contributed by atoms with E-state index < -0.39 is 0 Å². The molecule has 0 saturated carbocycles. The maximum atomic E-state index is 12.5. The normalized spacial score (nSPS) is 17.4. The number of rotatable bonds is 5. The summed E-state index contributed by atoms with van der Waals surface area (Å²) in [5.41, 5.74) is 0.946. The summed E-state index contributed by atoms with van der Waals surface area (Å²) in [7, 11) is 3.28. The van der Waals surface area contributed by atoms with Gasteiger partial charge in [0.25, 0.3) is 5.91 Å². The summed E-state index contributed by atoms with van der Waals surface area (Å²) in [4.78, 5) is 15.3. The quantitative estimate of drug-likeness (QED) is 0.900. The lowest BCUT2D eigenvalue weighted by Gasteiger charge is -2.33. The Bertz CT molecular complexity index is 665. The molecule has 1 aromatic carbocycles. The largest absolute Gasteiger partial charge is 0.497 e. The Labute approximate surface area is 146 Å². The summed E-state index contributed by atoms with van der Waals surface area (Å²) in [5.74, 6) is 1.62. The minimum atomic E-state index is 0.125. The van der Waals surface area contributed by atoms with Gasteiger partial charge in [-0.3, -0.25) is 4.79 Å². The van der Waals surface area contributed by atoms with Gasteiger partial charge in [0.05, 0.1) is 19.1 Å². The number of methoxy groups -OCH3 is 2. The zero-order chi connectivity index (χ0) is 16.9. The summed E-state index contributed by atoms with van der Waals surface area (Å²) >= 11 is 1.50. The Morgan fingerprint density at radius 3 is 2.62 bits per heavy atom. The van der Waals surface area contributed by atoms with Crippen molar-refractivity contribution in [2.75, 3.05) is 32.6 Å². The molecular weight excluding hydrogens is 324 g/mol. The third-order valence-electron chi connectivity index (χ3n) is 4.16. The second-order valence-corrected chi connectivity index (χ2v) is 6.76. The van der Waals surface area contributed by atoms with Gasteiger partial charge in [0.1, 0.15) is 11.5 Å². The van der Waals surface area contributed by atoms with Crippen LogP contribution in [0.2, 0.25) is 0 Å². The van der Waals surface area contributed by atoms with Crippen LogP contribution in [0.25, 0.3) is 0 Å². The summed E-state index contributed by atoms with van der Waals surface area (Å²) in [6.07, 6.45) is 2.03. The number of carbonyl (C=O) groups excluding carboxylic acids is 1. The van der Waals surface area contributed by atoms with Crippen molar-refractivity contribution in [1.29, 1.82) is 0 Å². The van der Waals surface area contributed by atoms with Crippen molar-refractivity contribution in [2.24, 2.45) is 0 Å². The highest BCUT2D eigenvalue weighted by Gasteiger charge is 2.25. The Hall–Kier alpha value is -2.21. The average molecular weight is 346 g/mol. The maximum absolute atomic E-state index is 12.5. The fourth-order valence-electron chi connectivity index (χ4n) is 2.96. The molecule has 1 N–H and O–H groups in total. The zero-order valence-corrected chi connectivity index (χ0v) is 14.8. The highest BCUT2D eigenvalue weighted by molar-refractivity contribution is 7.12. The van der Waals surface area contributed by atoms with E-state index in [-0.39, 0.29) is 11.9 Å². The molecule has 0 radical (unpaired) electrons. The monoisotopic (exact) mass is 346 g/mol. The third kappa shape index (κ3) is 3.82. The molecule has 1 atom stereocenters. The van der Waals surface area contributed by atoms with Crippen LogP contribution >= 0.6 is 11.3 Å². The van der Waals surface area contributed by atoms with E-state index in [1.807, 2.05) is 40.6 Å². The van der Waals surface area contributed by atoms with Gasteiger partial charge in [-0.2, -0.15) is 0 Å². The fraction of sp³-hybridized carbons (Fsp3) is 0.389. The Morgan fingerprint density at radius 2 is 2.00 bits per heavy atom. The van der Waals surface area contributed by atoms with Gasteiger partial charge in [0, 0.05) is 43.0 Å². The minimum absolute atomic E-state index is 0.125. The molecule has 1 aliphatic rings. The number of thiophene rings is 1. The van der Waals surface area contributed by atoms with Crippen molar-refractivity contribution in [3.05, 3.63) is 40.6 Å². The molecule has 128 valence electrons. The van der Waals surface area contributed by atoms with Crippen LogP contribution in [0.5, 0.6) is 11.5 Å². The predicted molar refractivity (Wildman–Crippen MR) is 96.4 cm³/mol. The number of benzene rings is 1. The molecule has 3 rings (SSSR count). The van der Waals surface area contributed by atoms with Gasteiger partial charge in [-0.25, -0.2) is 0 Å². The molecule has 1 fully saturated rings. The highest BCUT2D eigenvalue weighted by Crippen LogP contribution is 2.27. The summed E-state index contributed by atoms with van der Waals surface area (Å²) in [6, 6.07) is 9.76. The minimum Gasteiger partial charge on any atom is -0.497 e. The van der Waals surface area contributed by atoms with Crippen LogP contribution in [0.3, 0.4) is 0 Å². The molecule has 2 heterocycles. The van der Waals surface area contributed by atoms with Gasteiger partial charge in [-0.05, 0) is 24.3 Å². The SMILES string of the molecule is COc1cc(NC2CCCN(C(=O)c3cccs3)C2)cc(OC)c1. The van der Waals surface area contributed by atoms with E-state index in [4.69, 9.17) is 9.47 Å². The Morgan fingerprint density at radius 1 is 1.25 bits per heavy atom. The molecule has 1 aromatic heterocycles. The molecule has 0 aliphatic carbocycles. The van der Waals surface area contributed by atoms with Crippen LogP contribution < -0.4 is 14.8 Å². The Balaban J connectivity index is 1.68. The number of hydrogen-bond donors (Lipinski definition) is 1. The number of nitrogens with zero attached hydrogens (tertiary/aromatic N) is 1. The summed E-state index contributed by atoms with van der Waals surface area (Å²) in [6.45, 7) is 1.52. The average Bonchev–Trinajstić information content (AvgIpc) is 3.15. The van der Waals surface area contributed by atoms with Crippen molar-refractivity contribution in [3.8, 4) is 11.5 Å². The van der Waals surface area contributed by atoms with E-state index in [9.17, 15) is 4.79 Å². The van der Waals surface area contributed by atoms with Gasteiger partial charge in [0.15, 0.2) is 0 Å². The van der Waals surface area contributed by atoms with Crippen LogP contribution in [0, 0.1) is 0 Å². The number of ether oxygens (including phenoxy) is 2. The summed E-state index contributed by atoms with van der Waals surface area (Å²) in [5, 5.41) is 5.45. The standard InChI is InChI=1S/C18H22N2O3S/c1-22-15-9-14(10-16(11-15)23-2)19-13-5-3-7-20(12-13)18(21)17-6-4-8-24-17/h4,6,8-11,13,19H,3,5,7,12H2,1-2H3. The van der Waals surface area contributed by atoms with E-state index in [1.165, 1.54) is 11.3 Å². The highest BCUT2D eigenvalue weighted by atomic mass is 32.1. The van der Waals surface area contributed by atoms with Gasteiger partial charge in [-0.15, -0.1) is 11.3 Å². The molecular formula is C18H22N2O3S. The van der Waals surface area contributed by atoms with Gasteiger partial charge < -0.3 is 19.7 Å². The first kappa shape index (κ1) is 16.6. The molecule has 0 spiro atoms. The molecule has 0 bridgehead atoms. The first-order chi connectivity index (χ1) is 11.7. The molecule has 1 amide bonds. The number of anilines is 1. The van der Waals surface area contributed by atoms with E-state index in [0.717, 1.165) is 41.4 Å². The number of hydrogen-bond acceptors (Lipinski definition) is 5. The summed E-state index contributed by atoms with van der Waals surface area (Å²) < 4.78 is 10.6. The first-order valence-electron chi connectivity index (χ1n) is 8.02. The molecule has 5 nitrogen and oxygen atoms in total. The van der Waals surface area contributed by atoms with Gasteiger partial charge >= 0.3 is 0 Å². The van der Waals surface area contributed by atoms with Crippen LogP contribution in [-0.4, -0.2) is 44.2 Å². The smallest absolute Gasteiger partial charge is 0.263 e. The zero-order valence-electron chi connectivity index (χ0n) is 14.0. The first-order valence-corrected chi connectivity index (χ1v) is 8.90. The number of carbonyl (C=O) groups is 1. The van der Waals surface area contributed by atoms with Crippen molar-refractivity contribution < 1.29 is 14.3 Å². The second kappa shape index (κ2) is 7.57. The molecule has 6 heteroatoms. The van der Waals surface area contributed by atoms with Crippen molar-refractivity contribution >= 4 is 22.9 Å². The van der Waals surface area contributed by atoms with Gasteiger partial charge in [0.2, 0.25) is 0 Å². The molecule has 24 heavy (non-hydrogen) atoms. The van der Waals surface area contributed by atoms with Crippen LogP contribution in [0.4, 0.5) is 5.69 Å². The number of nitrogens with one attached hydrogen (secondary N) is 1. The van der Waals surface area contributed by atoms with E-state index >= 15 is 0 Å². The lowest BCUT2D eigenvalue weighted by Crippen LogP contribution is -2.44. The number of piperidine rings is 1. The van der Waals surface area contributed by atoms with E-state index in [1.54, 1.807) is 14.2 Å². The van der Waals surface area contributed by atoms with E-state index in [2.05, 4.69) is 5.32 Å². The van der Waals surface area contributed by atoms with E-state index in [0.29, 0.717) is 6.54 Å². The van der Waals surface area contributed by atoms with Crippen LogP contribution in [0.15, 0.2) is 35.7 Å². The number of amides is 1. The van der Waals surface area contributed by atoms with Crippen molar-refractivity contribution in [1.82, 2.24) is 4.90 Å². The number of likely N-dealkylation sites (tertiary alicyclic amines) is 1. The van der Waals surface area contributed by atoms with Crippen LogP contribution in [-0.2, 0) is 0 Å². The second-order valence-electron chi connectivity index (χ2n) is 5.81. The Kier molecular flexibility index (Phi) is 5.25. The topological polar surface area (TPSA) is 50.8 Å². The van der Waals surface area contributed by atoms with Crippen molar-refractivity contribution in [2.45, 2.75) is 18.9 Å². The van der Waals surface area contributed by atoms with Crippen LogP contribution in [0.1, 0.15) is 22.5 Å². The predicted octanol–water partition coefficient (Wildman–Crippen LogP) is 3.48.